The average molecular weight is 256 g/mol. The van der Waals surface area contributed by atoms with Crippen molar-refractivity contribution in [1.82, 2.24) is 0 Å². The molecule has 0 aromatic heterocycles. The van der Waals surface area contributed by atoms with E-state index < -0.39 is 5.82 Å². The number of hydrogen-bond acceptors (Lipinski definition) is 2. The van der Waals surface area contributed by atoms with Crippen molar-refractivity contribution in [1.29, 1.82) is 0 Å². The third-order valence-electron chi connectivity index (χ3n) is 2.66. The van der Waals surface area contributed by atoms with Crippen LogP contribution >= 0.6 is 0 Å². The zero-order valence-electron chi connectivity index (χ0n) is 10.5. The molecule has 2 nitrogen and oxygen atoms in total. The summed E-state index contributed by atoms with van der Waals surface area (Å²) in [6, 6.07) is 13.6. The Morgan fingerprint density at radius 3 is 2.53 bits per heavy atom. The molecular weight excluding hydrogens is 243 g/mol. The van der Waals surface area contributed by atoms with Gasteiger partial charge in [-0.25, -0.2) is 4.39 Å². The van der Waals surface area contributed by atoms with Crippen LogP contribution in [0.4, 0.5) is 4.39 Å². The van der Waals surface area contributed by atoms with E-state index in [1.807, 2.05) is 30.3 Å². The molecule has 0 spiro atoms. The van der Waals surface area contributed by atoms with E-state index in [9.17, 15) is 9.18 Å². The molecule has 0 radical (unpaired) electrons. The molecule has 0 N–H and O–H groups in total. The molecule has 96 valence electrons. The van der Waals surface area contributed by atoms with Gasteiger partial charge in [-0.1, -0.05) is 36.4 Å². The molecule has 0 bridgehead atoms. The summed E-state index contributed by atoms with van der Waals surface area (Å²) in [6.07, 6.45) is 3.13. The van der Waals surface area contributed by atoms with Gasteiger partial charge in [0.1, 0.15) is 0 Å². The maximum Gasteiger partial charge on any atom is 0.185 e. The SMILES string of the molecule is COc1ccc(C(=O)/C=C/c2ccccc2)cc1F. The molecule has 0 aliphatic carbocycles. The zero-order valence-corrected chi connectivity index (χ0v) is 10.5. The minimum absolute atomic E-state index is 0.128. The number of benzene rings is 2. The molecule has 0 amide bonds. The first-order chi connectivity index (χ1) is 9.20. The molecule has 0 atom stereocenters. The van der Waals surface area contributed by atoms with Gasteiger partial charge in [-0.05, 0) is 29.8 Å². The Balaban J connectivity index is 2.16. The molecular formula is C16H13FO2. The molecule has 0 heterocycles. The summed E-state index contributed by atoms with van der Waals surface area (Å²) in [7, 11) is 1.38. The lowest BCUT2D eigenvalue weighted by Gasteiger charge is -2.02. The number of allylic oxidation sites excluding steroid dienone is 1. The second-order valence-electron chi connectivity index (χ2n) is 3.96. The van der Waals surface area contributed by atoms with Gasteiger partial charge < -0.3 is 4.74 Å². The van der Waals surface area contributed by atoms with Gasteiger partial charge in [0.05, 0.1) is 7.11 Å². The van der Waals surface area contributed by atoms with Crippen LogP contribution < -0.4 is 4.74 Å². The van der Waals surface area contributed by atoms with E-state index in [1.54, 1.807) is 12.1 Å². The highest BCUT2D eigenvalue weighted by Crippen LogP contribution is 2.18. The van der Waals surface area contributed by atoms with Crippen LogP contribution in [0.15, 0.2) is 54.6 Å². The minimum Gasteiger partial charge on any atom is -0.494 e. The zero-order chi connectivity index (χ0) is 13.7. The lowest BCUT2D eigenvalue weighted by atomic mass is 10.1. The smallest absolute Gasteiger partial charge is 0.185 e. The fourth-order valence-corrected chi connectivity index (χ4v) is 1.65. The molecule has 0 aliphatic heterocycles. The van der Waals surface area contributed by atoms with E-state index in [4.69, 9.17) is 4.74 Å². The Hall–Kier alpha value is -2.42. The van der Waals surface area contributed by atoms with Crippen molar-refractivity contribution in [3.63, 3.8) is 0 Å². The van der Waals surface area contributed by atoms with Gasteiger partial charge in [0.15, 0.2) is 17.3 Å². The lowest BCUT2D eigenvalue weighted by molar-refractivity contribution is 0.104. The van der Waals surface area contributed by atoms with Crippen LogP contribution in [0.5, 0.6) is 5.75 Å². The molecule has 2 rings (SSSR count). The lowest BCUT2D eigenvalue weighted by Crippen LogP contribution is -1.96. The average Bonchev–Trinajstić information content (AvgIpc) is 2.45. The van der Waals surface area contributed by atoms with Gasteiger partial charge in [-0.15, -0.1) is 0 Å². The fourth-order valence-electron chi connectivity index (χ4n) is 1.65. The first-order valence-corrected chi connectivity index (χ1v) is 5.81. The van der Waals surface area contributed by atoms with Gasteiger partial charge in [-0.2, -0.15) is 0 Å². The Morgan fingerprint density at radius 2 is 1.89 bits per heavy atom. The van der Waals surface area contributed by atoms with Crippen LogP contribution in [0.25, 0.3) is 6.08 Å². The van der Waals surface area contributed by atoms with E-state index in [0.717, 1.165) is 5.56 Å². The van der Waals surface area contributed by atoms with Crippen LogP contribution in [0.3, 0.4) is 0 Å². The number of halogens is 1. The van der Waals surface area contributed by atoms with E-state index in [1.165, 1.54) is 25.3 Å². The first-order valence-electron chi connectivity index (χ1n) is 5.81. The molecule has 2 aromatic rings. The Labute approximate surface area is 111 Å². The largest absolute Gasteiger partial charge is 0.494 e. The normalized spacial score (nSPS) is 10.6. The number of methoxy groups -OCH3 is 1. The highest BCUT2D eigenvalue weighted by atomic mass is 19.1. The maximum atomic E-state index is 13.5. The van der Waals surface area contributed by atoms with E-state index in [-0.39, 0.29) is 11.5 Å². The molecule has 0 fully saturated rings. The number of carbonyl (C=O) groups is 1. The van der Waals surface area contributed by atoms with Crippen LogP contribution in [0, 0.1) is 5.82 Å². The fraction of sp³-hybridized carbons (Fsp3) is 0.0625. The van der Waals surface area contributed by atoms with Crippen LogP contribution in [-0.4, -0.2) is 12.9 Å². The molecule has 3 heteroatoms. The summed E-state index contributed by atoms with van der Waals surface area (Å²) < 4.78 is 18.3. The van der Waals surface area contributed by atoms with Gasteiger partial charge in [-0.3, -0.25) is 4.79 Å². The highest BCUT2D eigenvalue weighted by Gasteiger charge is 2.07. The van der Waals surface area contributed by atoms with Crippen molar-refractivity contribution in [2.45, 2.75) is 0 Å². The predicted molar refractivity (Wildman–Crippen MR) is 72.8 cm³/mol. The molecule has 19 heavy (non-hydrogen) atoms. The van der Waals surface area contributed by atoms with Crippen molar-refractivity contribution in [2.24, 2.45) is 0 Å². The van der Waals surface area contributed by atoms with Crippen molar-refractivity contribution < 1.29 is 13.9 Å². The summed E-state index contributed by atoms with van der Waals surface area (Å²) in [4.78, 5) is 11.9. The van der Waals surface area contributed by atoms with Crippen LogP contribution in [0.2, 0.25) is 0 Å². The minimum atomic E-state index is -0.540. The molecule has 0 unspecified atom stereocenters. The van der Waals surface area contributed by atoms with Gasteiger partial charge in [0.25, 0.3) is 0 Å². The van der Waals surface area contributed by atoms with Crippen LogP contribution in [-0.2, 0) is 0 Å². The first kappa shape index (κ1) is 13.0. The standard InChI is InChI=1S/C16H13FO2/c1-19-16-10-8-13(11-14(16)17)15(18)9-7-12-5-3-2-4-6-12/h2-11H,1H3/b9-7+. The topological polar surface area (TPSA) is 26.3 Å². The van der Waals surface area contributed by atoms with Crippen LogP contribution in [0.1, 0.15) is 15.9 Å². The highest BCUT2D eigenvalue weighted by molar-refractivity contribution is 6.06. The van der Waals surface area contributed by atoms with Crippen molar-refractivity contribution in [3.8, 4) is 5.75 Å². The summed E-state index contributed by atoms with van der Waals surface area (Å²) in [5.74, 6) is -0.657. The quantitative estimate of drug-likeness (QED) is 0.615. The van der Waals surface area contributed by atoms with Crippen molar-refractivity contribution >= 4 is 11.9 Å². The maximum absolute atomic E-state index is 13.5. The van der Waals surface area contributed by atoms with E-state index in [0.29, 0.717) is 5.56 Å². The molecule has 0 saturated carbocycles. The Kier molecular flexibility index (Phi) is 4.08. The number of rotatable bonds is 4. The monoisotopic (exact) mass is 256 g/mol. The van der Waals surface area contributed by atoms with Crippen molar-refractivity contribution in [3.05, 3.63) is 71.6 Å². The van der Waals surface area contributed by atoms with E-state index in [2.05, 4.69) is 0 Å². The Bertz CT molecular complexity index is 603. The molecule has 2 aromatic carbocycles. The predicted octanol–water partition coefficient (Wildman–Crippen LogP) is 3.73. The number of ketones is 1. The second kappa shape index (κ2) is 5.96. The second-order valence-corrected chi connectivity index (χ2v) is 3.96. The number of carbonyl (C=O) groups excluding carboxylic acids is 1. The third kappa shape index (κ3) is 3.28. The summed E-state index contributed by atoms with van der Waals surface area (Å²) in [6.45, 7) is 0. The molecule has 0 saturated heterocycles. The van der Waals surface area contributed by atoms with Gasteiger partial charge in [0, 0.05) is 5.56 Å². The summed E-state index contributed by atoms with van der Waals surface area (Å²) in [5.41, 5.74) is 1.22. The Morgan fingerprint density at radius 1 is 1.16 bits per heavy atom. The number of hydrogen-bond donors (Lipinski definition) is 0. The summed E-state index contributed by atoms with van der Waals surface area (Å²) >= 11 is 0. The summed E-state index contributed by atoms with van der Waals surface area (Å²) in [5, 5.41) is 0. The van der Waals surface area contributed by atoms with Crippen molar-refractivity contribution in [2.75, 3.05) is 7.11 Å². The van der Waals surface area contributed by atoms with E-state index >= 15 is 0 Å². The number of ether oxygens (including phenoxy) is 1. The third-order valence-corrected chi connectivity index (χ3v) is 2.66. The van der Waals surface area contributed by atoms with Gasteiger partial charge >= 0.3 is 0 Å². The molecule has 0 aliphatic rings. The van der Waals surface area contributed by atoms with Gasteiger partial charge in [0.2, 0.25) is 0 Å².